The van der Waals surface area contributed by atoms with Crippen LogP contribution in [0.2, 0.25) is 6.32 Å². The van der Waals surface area contributed by atoms with Crippen LogP contribution in [0.25, 0.3) is 0 Å². The van der Waals surface area contributed by atoms with Gasteiger partial charge in [0, 0.05) is 19.1 Å². The van der Waals surface area contributed by atoms with Crippen LogP contribution in [0.15, 0.2) is 24.3 Å². The zero-order valence-corrected chi connectivity index (χ0v) is 12.7. The van der Waals surface area contributed by atoms with E-state index in [4.69, 9.17) is 15.8 Å². The van der Waals surface area contributed by atoms with E-state index in [-0.39, 0.29) is 6.04 Å². The van der Waals surface area contributed by atoms with Gasteiger partial charge >= 0.3 is 7.12 Å². The first kappa shape index (κ1) is 16.5. The normalized spacial score (nSPS) is 16.5. The predicted molar refractivity (Wildman–Crippen MR) is 86.9 cm³/mol. The number of benzene rings is 1. The molecule has 5 heteroatoms. The Morgan fingerprint density at radius 2 is 1.90 bits per heavy atom. The molecule has 1 aliphatic heterocycles. The lowest BCUT2D eigenvalue weighted by Crippen LogP contribution is -2.34. The monoisotopic (exact) mass is 290 g/mol. The Bertz CT molecular complexity index is 428. The molecule has 0 saturated carbocycles. The molecule has 1 aliphatic rings. The highest BCUT2D eigenvalue weighted by Gasteiger charge is 2.16. The molecule has 116 valence electrons. The van der Waals surface area contributed by atoms with Crippen LogP contribution in [0.4, 0.5) is 0 Å². The minimum Gasteiger partial charge on any atom is -0.427 e. The summed E-state index contributed by atoms with van der Waals surface area (Å²) in [5, 5.41) is 17.6. The highest BCUT2D eigenvalue weighted by Crippen LogP contribution is 2.18. The summed E-state index contributed by atoms with van der Waals surface area (Å²) in [6.07, 6.45) is 5.39. The van der Waals surface area contributed by atoms with Crippen molar-refractivity contribution in [2.75, 3.05) is 13.1 Å². The highest BCUT2D eigenvalue weighted by atomic mass is 16.4. The van der Waals surface area contributed by atoms with Crippen LogP contribution in [-0.2, 0) is 13.0 Å². The minimum atomic E-state index is -1.17. The Balaban J connectivity index is 1.63. The summed E-state index contributed by atoms with van der Waals surface area (Å²) in [7, 11) is -1.17. The molecular formula is C16H27BN2O2. The molecule has 1 aromatic carbocycles. The maximum atomic E-state index is 8.79. The van der Waals surface area contributed by atoms with Gasteiger partial charge in [-0.15, -0.1) is 0 Å². The SMILES string of the molecule is NC(CCCCB(O)O)CCN1CCc2ccccc2C1. The van der Waals surface area contributed by atoms with E-state index in [9.17, 15) is 0 Å². The topological polar surface area (TPSA) is 69.7 Å². The van der Waals surface area contributed by atoms with Crippen molar-refractivity contribution in [3.63, 3.8) is 0 Å². The number of nitrogens with two attached hydrogens (primary N) is 1. The third kappa shape index (κ3) is 5.79. The lowest BCUT2D eigenvalue weighted by molar-refractivity contribution is 0.242. The summed E-state index contributed by atoms with van der Waals surface area (Å²) in [6, 6.07) is 8.91. The van der Waals surface area contributed by atoms with E-state index in [0.717, 1.165) is 51.7 Å². The van der Waals surface area contributed by atoms with Crippen molar-refractivity contribution in [3.8, 4) is 0 Å². The van der Waals surface area contributed by atoms with Gasteiger partial charge in [-0.3, -0.25) is 4.90 Å². The fourth-order valence-corrected chi connectivity index (χ4v) is 2.97. The molecule has 21 heavy (non-hydrogen) atoms. The van der Waals surface area contributed by atoms with Gasteiger partial charge in [0.1, 0.15) is 0 Å². The van der Waals surface area contributed by atoms with Crippen molar-refractivity contribution in [2.24, 2.45) is 5.73 Å². The quantitative estimate of drug-likeness (QED) is 0.500. The molecule has 1 atom stereocenters. The van der Waals surface area contributed by atoms with Crippen LogP contribution in [0, 0.1) is 0 Å². The van der Waals surface area contributed by atoms with E-state index < -0.39 is 7.12 Å². The average Bonchev–Trinajstić information content (AvgIpc) is 2.49. The Morgan fingerprint density at radius 1 is 1.14 bits per heavy atom. The maximum absolute atomic E-state index is 8.79. The van der Waals surface area contributed by atoms with Crippen molar-refractivity contribution in [1.82, 2.24) is 4.90 Å². The molecule has 4 nitrogen and oxygen atoms in total. The molecule has 0 aromatic heterocycles. The molecule has 0 saturated heterocycles. The molecule has 4 N–H and O–H groups in total. The van der Waals surface area contributed by atoms with Crippen LogP contribution < -0.4 is 5.73 Å². The van der Waals surface area contributed by atoms with E-state index in [1.807, 2.05) is 0 Å². The molecular weight excluding hydrogens is 263 g/mol. The summed E-state index contributed by atoms with van der Waals surface area (Å²) in [5.74, 6) is 0. The second kappa shape index (κ2) is 8.54. The maximum Gasteiger partial charge on any atom is 0.451 e. The van der Waals surface area contributed by atoms with Gasteiger partial charge in [0.2, 0.25) is 0 Å². The predicted octanol–water partition coefficient (Wildman–Crippen LogP) is 1.41. The molecule has 2 rings (SSSR count). The van der Waals surface area contributed by atoms with Crippen LogP contribution in [0.1, 0.15) is 36.8 Å². The number of nitrogens with zero attached hydrogens (tertiary/aromatic N) is 1. The Kier molecular flexibility index (Phi) is 6.71. The number of hydrogen-bond acceptors (Lipinski definition) is 4. The number of unbranched alkanes of at least 4 members (excludes halogenated alkanes) is 1. The first-order chi connectivity index (χ1) is 10.1. The zero-order valence-electron chi connectivity index (χ0n) is 12.7. The number of rotatable bonds is 8. The second-order valence-corrected chi connectivity index (χ2v) is 6.11. The fourth-order valence-electron chi connectivity index (χ4n) is 2.97. The molecule has 1 heterocycles. The van der Waals surface area contributed by atoms with Crippen molar-refractivity contribution in [2.45, 2.75) is 51.0 Å². The summed E-state index contributed by atoms with van der Waals surface area (Å²) < 4.78 is 0. The summed E-state index contributed by atoms with van der Waals surface area (Å²) >= 11 is 0. The van der Waals surface area contributed by atoms with Crippen molar-refractivity contribution in [1.29, 1.82) is 0 Å². The van der Waals surface area contributed by atoms with Crippen molar-refractivity contribution in [3.05, 3.63) is 35.4 Å². The van der Waals surface area contributed by atoms with E-state index >= 15 is 0 Å². The highest BCUT2D eigenvalue weighted by molar-refractivity contribution is 6.40. The van der Waals surface area contributed by atoms with Gasteiger partial charge in [-0.1, -0.05) is 37.1 Å². The van der Waals surface area contributed by atoms with Crippen LogP contribution in [0.5, 0.6) is 0 Å². The van der Waals surface area contributed by atoms with Gasteiger partial charge in [0.25, 0.3) is 0 Å². The lowest BCUT2D eigenvalue weighted by Gasteiger charge is -2.29. The van der Waals surface area contributed by atoms with Gasteiger partial charge in [-0.2, -0.15) is 0 Å². The van der Waals surface area contributed by atoms with Crippen LogP contribution in [0.3, 0.4) is 0 Å². The van der Waals surface area contributed by atoms with Crippen LogP contribution in [-0.4, -0.2) is 41.2 Å². The number of hydrogen-bond donors (Lipinski definition) is 3. The number of fused-ring (bicyclic) bond motifs is 1. The standard InChI is InChI=1S/C16H27BN2O2/c18-16(7-3-4-10-17(20)21)9-12-19-11-8-14-5-1-2-6-15(14)13-19/h1-2,5-6,16,20-21H,3-4,7-13,18H2. The first-order valence-corrected chi connectivity index (χ1v) is 8.06. The van der Waals surface area contributed by atoms with Gasteiger partial charge in [-0.05, 0) is 43.3 Å². The first-order valence-electron chi connectivity index (χ1n) is 8.06. The summed E-state index contributed by atoms with van der Waals surface area (Å²) in [6.45, 7) is 3.22. The van der Waals surface area contributed by atoms with E-state index in [0.29, 0.717) is 6.32 Å². The molecule has 0 radical (unpaired) electrons. The fraction of sp³-hybridized carbons (Fsp3) is 0.625. The van der Waals surface area contributed by atoms with E-state index in [1.54, 1.807) is 0 Å². The third-order valence-electron chi connectivity index (χ3n) is 4.31. The second-order valence-electron chi connectivity index (χ2n) is 6.11. The van der Waals surface area contributed by atoms with Crippen molar-refractivity contribution >= 4 is 7.12 Å². The Labute approximate surface area is 128 Å². The van der Waals surface area contributed by atoms with Crippen molar-refractivity contribution < 1.29 is 10.0 Å². The van der Waals surface area contributed by atoms with E-state index in [1.165, 1.54) is 11.1 Å². The Morgan fingerprint density at radius 3 is 2.67 bits per heavy atom. The largest absolute Gasteiger partial charge is 0.451 e. The van der Waals surface area contributed by atoms with Gasteiger partial charge in [0.05, 0.1) is 0 Å². The van der Waals surface area contributed by atoms with Gasteiger partial charge in [-0.25, -0.2) is 0 Å². The third-order valence-corrected chi connectivity index (χ3v) is 4.31. The molecule has 0 bridgehead atoms. The van der Waals surface area contributed by atoms with E-state index in [2.05, 4.69) is 29.2 Å². The molecule has 0 aliphatic carbocycles. The molecule has 0 spiro atoms. The summed E-state index contributed by atoms with van der Waals surface area (Å²) in [5.41, 5.74) is 9.09. The molecule has 1 aromatic rings. The van der Waals surface area contributed by atoms with Gasteiger partial charge < -0.3 is 15.8 Å². The smallest absolute Gasteiger partial charge is 0.427 e. The summed E-state index contributed by atoms with van der Waals surface area (Å²) in [4.78, 5) is 2.49. The Hall–Kier alpha value is -0.875. The molecule has 0 amide bonds. The van der Waals surface area contributed by atoms with Gasteiger partial charge in [0.15, 0.2) is 0 Å². The minimum absolute atomic E-state index is 0.220. The average molecular weight is 290 g/mol. The van der Waals surface area contributed by atoms with Crippen LogP contribution >= 0.6 is 0 Å². The lowest BCUT2D eigenvalue weighted by atomic mass is 9.83. The zero-order chi connectivity index (χ0) is 15.1. The molecule has 0 fully saturated rings. The molecule has 1 unspecified atom stereocenters.